The van der Waals surface area contributed by atoms with Crippen molar-refractivity contribution >= 4 is 23.5 Å². The Labute approximate surface area is 149 Å². The summed E-state index contributed by atoms with van der Waals surface area (Å²) in [5, 5.41) is 0.348. The number of rotatable bonds is 5. The first-order valence-corrected chi connectivity index (χ1v) is 7.87. The summed E-state index contributed by atoms with van der Waals surface area (Å²) in [5.74, 6) is 0.514. The van der Waals surface area contributed by atoms with Crippen LogP contribution in [0.25, 0.3) is 17.3 Å². The van der Waals surface area contributed by atoms with Crippen molar-refractivity contribution < 1.29 is 4.39 Å². The molecule has 0 unspecified atom stereocenters. The molecule has 0 saturated heterocycles. The average molecular weight is 356 g/mol. The van der Waals surface area contributed by atoms with Gasteiger partial charge in [0.15, 0.2) is 0 Å². The van der Waals surface area contributed by atoms with E-state index < -0.39 is 5.82 Å². The second kappa shape index (κ2) is 7.72. The third-order valence-electron chi connectivity index (χ3n) is 3.45. The molecule has 2 aromatic heterocycles. The fraction of sp³-hybridized carbons (Fsp3) is 0.0556. The first kappa shape index (κ1) is 16.9. The molecule has 0 atom stereocenters. The van der Waals surface area contributed by atoms with Gasteiger partial charge in [0.25, 0.3) is 0 Å². The second-order valence-electron chi connectivity index (χ2n) is 5.23. The van der Waals surface area contributed by atoms with Crippen molar-refractivity contribution in [2.75, 3.05) is 0 Å². The van der Waals surface area contributed by atoms with Gasteiger partial charge < -0.3 is 10.7 Å². The van der Waals surface area contributed by atoms with Crippen molar-refractivity contribution in [3.8, 4) is 11.3 Å². The molecular weight excluding hydrogens is 341 g/mol. The number of imidazole rings is 1. The number of hydrogen-bond donors (Lipinski definition) is 2. The number of aliphatic imine (C=N–C) groups is 1. The Bertz CT molecular complexity index is 918. The normalized spacial score (nSPS) is 12.0. The molecule has 0 spiro atoms. The largest absolute Gasteiger partial charge is 0.384 e. The van der Waals surface area contributed by atoms with Crippen LogP contribution >= 0.6 is 11.6 Å². The molecule has 3 aromatic rings. The van der Waals surface area contributed by atoms with Crippen molar-refractivity contribution in [2.45, 2.75) is 6.54 Å². The lowest BCUT2D eigenvalue weighted by Crippen LogP contribution is -2.08. The smallest absolute Gasteiger partial charge is 0.130 e. The van der Waals surface area contributed by atoms with Crippen molar-refractivity contribution in [1.82, 2.24) is 15.0 Å². The molecule has 25 heavy (non-hydrogen) atoms. The number of halogens is 2. The summed E-state index contributed by atoms with van der Waals surface area (Å²) in [6, 6.07) is 8.23. The molecule has 0 aliphatic rings. The molecule has 0 fully saturated rings. The highest BCUT2D eigenvalue weighted by Gasteiger charge is 2.02. The number of nitrogens with one attached hydrogen (secondary N) is 1. The number of pyridine rings is 1. The molecule has 3 rings (SSSR count). The van der Waals surface area contributed by atoms with Gasteiger partial charge in [-0.2, -0.15) is 0 Å². The minimum atomic E-state index is -0.402. The summed E-state index contributed by atoms with van der Waals surface area (Å²) < 4.78 is 13.7. The maximum Gasteiger partial charge on any atom is 0.130 e. The summed E-state index contributed by atoms with van der Waals surface area (Å²) in [5.41, 5.74) is 8.13. The monoisotopic (exact) mass is 355 g/mol. The fourth-order valence-corrected chi connectivity index (χ4v) is 2.30. The Morgan fingerprint density at radius 3 is 2.84 bits per heavy atom. The number of amidine groups is 1. The molecule has 2 heterocycles. The number of nitrogens with zero attached hydrogens (tertiary/aromatic N) is 3. The predicted octanol–water partition coefficient (Wildman–Crippen LogP) is 3.83. The standard InChI is InChI=1S/C18H15ClFN5/c19-14-2-1-13(15(20)9-14)10-23-17(21)3-4-18-24-11-16(25-18)12-5-7-22-8-6-12/h1-9,11H,10H2,(H2,21,23)(H,24,25)/b4-3-. The van der Waals surface area contributed by atoms with Crippen LogP contribution in [-0.2, 0) is 6.54 Å². The molecule has 7 heteroatoms. The van der Waals surface area contributed by atoms with Gasteiger partial charge in [0.1, 0.15) is 17.5 Å². The Morgan fingerprint density at radius 1 is 1.28 bits per heavy atom. The number of nitrogens with two attached hydrogens (primary N) is 1. The molecule has 0 amide bonds. The molecule has 1 aromatic carbocycles. The zero-order chi connectivity index (χ0) is 17.6. The van der Waals surface area contributed by atoms with E-state index in [1.807, 2.05) is 12.1 Å². The van der Waals surface area contributed by atoms with Gasteiger partial charge in [0.2, 0.25) is 0 Å². The van der Waals surface area contributed by atoms with Crippen molar-refractivity contribution in [1.29, 1.82) is 0 Å². The summed E-state index contributed by atoms with van der Waals surface area (Å²) in [6.45, 7) is 0.138. The van der Waals surface area contributed by atoms with E-state index in [4.69, 9.17) is 17.3 Å². The van der Waals surface area contributed by atoms with Crippen LogP contribution in [0.4, 0.5) is 4.39 Å². The number of aromatic nitrogens is 3. The minimum Gasteiger partial charge on any atom is -0.384 e. The average Bonchev–Trinajstić information content (AvgIpc) is 3.09. The van der Waals surface area contributed by atoms with E-state index >= 15 is 0 Å². The molecule has 3 N–H and O–H groups in total. The van der Waals surface area contributed by atoms with E-state index in [1.165, 1.54) is 6.07 Å². The highest BCUT2D eigenvalue weighted by Crippen LogP contribution is 2.16. The third-order valence-corrected chi connectivity index (χ3v) is 3.68. The summed E-state index contributed by atoms with van der Waals surface area (Å²) in [7, 11) is 0. The topological polar surface area (TPSA) is 80.0 Å². The number of benzene rings is 1. The summed E-state index contributed by atoms with van der Waals surface area (Å²) in [4.78, 5) is 15.5. The van der Waals surface area contributed by atoms with E-state index in [-0.39, 0.29) is 12.4 Å². The Morgan fingerprint density at radius 2 is 2.08 bits per heavy atom. The second-order valence-corrected chi connectivity index (χ2v) is 5.66. The van der Waals surface area contributed by atoms with Crippen LogP contribution in [0.15, 0.2) is 60.0 Å². The Balaban J connectivity index is 1.66. The van der Waals surface area contributed by atoms with E-state index in [2.05, 4.69) is 19.9 Å². The van der Waals surface area contributed by atoms with Gasteiger partial charge in [0.05, 0.1) is 18.4 Å². The third kappa shape index (κ3) is 4.51. The summed E-state index contributed by atoms with van der Waals surface area (Å²) >= 11 is 5.72. The molecule has 5 nitrogen and oxygen atoms in total. The van der Waals surface area contributed by atoms with E-state index in [0.29, 0.717) is 16.4 Å². The molecule has 0 bridgehead atoms. The first-order chi connectivity index (χ1) is 12.1. The molecule has 0 aliphatic carbocycles. The number of H-pyrrole nitrogens is 1. The first-order valence-electron chi connectivity index (χ1n) is 7.49. The quantitative estimate of drug-likeness (QED) is 0.539. The lowest BCUT2D eigenvalue weighted by Gasteiger charge is -2.00. The zero-order valence-electron chi connectivity index (χ0n) is 13.2. The maximum atomic E-state index is 13.7. The van der Waals surface area contributed by atoms with Crippen LogP contribution in [0, 0.1) is 5.82 Å². The van der Waals surface area contributed by atoms with Gasteiger partial charge >= 0.3 is 0 Å². The van der Waals surface area contributed by atoms with Gasteiger partial charge in [-0.05, 0) is 36.4 Å². The van der Waals surface area contributed by atoms with Crippen LogP contribution in [-0.4, -0.2) is 20.8 Å². The highest BCUT2D eigenvalue weighted by molar-refractivity contribution is 6.30. The van der Waals surface area contributed by atoms with Gasteiger partial charge in [-0.25, -0.2) is 9.37 Å². The Hall–Kier alpha value is -2.99. The van der Waals surface area contributed by atoms with Crippen LogP contribution in [0.5, 0.6) is 0 Å². The van der Waals surface area contributed by atoms with Crippen LogP contribution < -0.4 is 5.73 Å². The molecule has 126 valence electrons. The maximum absolute atomic E-state index is 13.7. The minimum absolute atomic E-state index is 0.138. The molecular formula is C18H15ClFN5. The lowest BCUT2D eigenvalue weighted by atomic mass is 10.2. The van der Waals surface area contributed by atoms with E-state index in [9.17, 15) is 4.39 Å². The van der Waals surface area contributed by atoms with Crippen molar-refractivity contribution in [3.05, 3.63) is 77.2 Å². The van der Waals surface area contributed by atoms with Crippen LogP contribution in [0.2, 0.25) is 5.02 Å². The van der Waals surface area contributed by atoms with E-state index in [1.54, 1.807) is 42.9 Å². The fourth-order valence-electron chi connectivity index (χ4n) is 2.14. The Kier molecular flexibility index (Phi) is 5.20. The SMILES string of the molecule is NC(/C=C\c1ncc(-c2ccncc2)[nH]1)=NCc1ccc(Cl)cc1F. The number of aromatic amines is 1. The van der Waals surface area contributed by atoms with Crippen molar-refractivity contribution in [3.63, 3.8) is 0 Å². The van der Waals surface area contributed by atoms with Crippen LogP contribution in [0.3, 0.4) is 0 Å². The van der Waals surface area contributed by atoms with Gasteiger partial charge in [0, 0.05) is 28.5 Å². The summed E-state index contributed by atoms with van der Waals surface area (Å²) in [6.07, 6.45) is 8.48. The lowest BCUT2D eigenvalue weighted by molar-refractivity contribution is 0.611. The molecule has 0 saturated carbocycles. The highest BCUT2D eigenvalue weighted by atomic mass is 35.5. The zero-order valence-corrected chi connectivity index (χ0v) is 13.9. The molecule has 0 radical (unpaired) electrons. The van der Waals surface area contributed by atoms with Crippen LogP contribution in [0.1, 0.15) is 11.4 Å². The van der Waals surface area contributed by atoms with Gasteiger partial charge in [-0.3, -0.25) is 9.98 Å². The van der Waals surface area contributed by atoms with E-state index in [0.717, 1.165) is 11.3 Å². The molecule has 0 aliphatic heterocycles. The number of hydrogen-bond acceptors (Lipinski definition) is 3. The van der Waals surface area contributed by atoms with Gasteiger partial charge in [-0.1, -0.05) is 17.7 Å². The van der Waals surface area contributed by atoms with Crippen molar-refractivity contribution in [2.24, 2.45) is 10.7 Å². The predicted molar refractivity (Wildman–Crippen MR) is 97.6 cm³/mol. The van der Waals surface area contributed by atoms with Gasteiger partial charge in [-0.15, -0.1) is 0 Å².